The first-order valence-electron chi connectivity index (χ1n) is 23.3. The Morgan fingerprint density at radius 3 is 1.46 bits per heavy atom. The number of nitrogens with two attached hydrogens (primary N) is 4. The number of aromatic nitrogens is 8. The molecule has 0 atom stereocenters. The summed E-state index contributed by atoms with van der Waals surface area (Å²) in [5.74, 6) is 1.28. The topological polar surface area (TPSA) is 220 Å². The van der Waals surface area contributed by atoms with Gasteiger partial charge >= 0.3 is 123 Å². The molecule has 0 amide bonds. The molecule has 0 aliphatic carbocycles. The zero-order valence-electron chi connectivity index (χ0n) is 38.8. The van der Waals surface area contributed by atoms with Crippen molar-refractivity contribution in [2.75, 3.05) is 94.9 Å². The molecule has 0 saturated carbocycles. The minimum Gasteiger partial charge on any atom is -0.382 e. The number of anilines is 8. The summed E-state index contributed by atoms with van der Waals surface area (Å²) in [6.45, 7) is 14.0. The predicted molar refractivity (Wildman–Crippen MR) is 285 cm³/mol. The zero-order chi connectivity index (χ0) is 46.7. The summed E-state index contributed by atoms with van der Waals surface area (Å²) in [4.78, 5) is 42.3. The Morgan fingerprint density at radius 2 is 1.01 bits per heavy atom. The average molecular weight is 1080 g/mol. The van der Waals surface area contributed by atoms with Crippen LogP contribution in [0.25, 0.3) is 11.1 Å². The van der Waals surface area contributed by atoms with Gasteiger partial charge in [0, 0.05) is 86.2 Å². The minimum absolute atomic E-state index is 0. The van der Waals surface area contributed by atoms with Gasteiger partial charge in [-0.2, -0.15) is 9.97 Å². The summed E-state index contributed by atoms with van der Waals surface area (Å²) in [6.07, 6.45) is 20.5. The van der Waals surface area contributed by atoms with Crippen LogP contribution in [0.15, 0.2) is 103 Å². The fourth-order valence-corrected chi connectivity index (χ4v) is 24.3. The first-order valence-corrected chi connectivity index (χ1v) is 31.5. The predicted octanol–water partition coefficient (Wildman–Crippen LogP) is 8.32. The van der Waals surface area contributed by atoms with E-state index in [0.29, 0.717) is 11.6 Å². The van der Waals surface area contributed by atoms with E-state index in [2.05, 4.69) is 140 Å². The Morgan fingerprint density at radius 1 is 0.537 bits per heavy atom. The maximum Gasteiger partial charge on any atom is 0.222 e. The Bertz CT molecular complexity index is 2340. The van der Waals surface area contributed by atoms with E-state index in [-0.39, 0.29) is 19.3 Å². The molecule has 16 nitrogen and oxygen atoms in total. The van der Waals surface area contributed by atoms with Gasteiger partial charge in [-0.05, 0) is 35.9 Å². The van der Waals surface area contributed by atoms with Gasteiger partial charge in [0.2, 0.25) is 11.9 Å². The molecule has 0 bridgehead atoms. The molecule has 358 valence electrons. The second kappa shape index (κ2) is 26.7. The number of hydrogen-bond donors (Lipinski definition) is 4. The van der Waals surface area contributed by atoms with Gasteiger partial charge in [0.15, 0.2) is 11.6 Å². The van der Waals surface area contributed by atoms with Gasteiger partial charge in [-0.15, -0.1) is 0 Å². The Balaban J connectivity index is 0.000000190. The Kier molecular flexibility index (Phi) is 20.9. The van der Waals surface area contributed by atoms with Crippen LogP contribution in [0.5, 0.6) is 0 Å². The van der Waals surface area contributed by atoms with Gasteiger partial charge in [-0.25, -0.2) is 19.9 Å². The molecule has 4 aromatic heterocycles. The molecule has 6 aromatic rings. The molecule has 2 aromatic carbocycles. The smallest absolute Gasteiger partial charge is 0.222 e. The molecule has 2 fully saturated rings. The summed E-state index contributed by atoms with van der Waals surface area (Å²) < 4.78 is 7.05. The number of piperazine rings is 2. The second-order valence-electron chi connectivity index (χ2n) is 16.8. The van der Waals surface area contributed by atoms with Crippen LogP contribution in [0, 0.1) is 0 Å². The number of nitrogen functional groups attached to an aromatic ring is 4. The number of unbranched alkanes of at least 4 members (excludes halogenated alkanes) is 3. The Hall–Kier alpha value is -5.56. The summed E-state index contributed by atoms with van der Waals surface area (Å²) in [5, 5.41) is 0. The van der Waals surface area contributed by atoms with Crippen molar-refractivity contribution in [1.29, 1.82) is 0 Å². The molecule has 18 heteroatoms. The molecular formula is C49H71BrN16Sn. The SMILES string of the molecule is C.CCC[CH2][Sn]([CH2]CCC)([CH2]CCC)[c]1ccncn1.Nc1ncc(N2CCN(c3cccc(-c4cncnc4)c3)CC2)c(N)n1.Nc1ncc(N2CCN(c3cccc(Br)c3)CC2)c(N)n1. The molecule has 0 spiro atoms. The molecule has 2 aliphatic heterocycles. The summed E-state index contributed by atoms with van der Waals surface area (Å²) in [6, 6.07) is 19.0. The fourth-order valence-electron chi connectivity index (χ4n) is 8.62. The van der Waals surface area contributed by atoms with Crippen molar-refractivity contribution in [3.05, 3.63) is 103 Å². The van der Waals surface area contributed by atoms with Gasteiger partial charge in [0.25, 0.3) is 0 Å². The van der Waals surface area contributed by atoms with Gasteiger partial charge < -0.3 is 42.5 Å². The molecular weight excluding hydrogens is 1010 g/mol. The molecule has 0 unspecified atom stereocenters. The van der Waals surface area contributed by atoms with E-state index in [1.807, 2.05) is 24.7 Å². The van der Waals surface area contributed by atoms with E-state index in [4.69, 9.17) is 27.9 Å². The van der Waals surface area contributed by atoms with Crippen LogP contribution < -0.4 is 46.2 Å². The first-order chi connectivity index (χ1) is 32.1. The van der Waals surface area contributed by atoms with E-state index < -0.39 is 18.4 Å². The summed E-state index contributed by atoms with van der Waals surface area (Å²) in [7, 11) is 0. The molecule has 0 radical (unpaired) electrons. The van der Waals surface area contributed by atoms with E-state index >= 15 is 0 Å². The van der Waals surface area contributed by atoms with Gasteiger partial charge in [-0.1, -0.05) is 41.6 Å². The third-order valence-electron chi connectivity index (χ3n) is 12.3. The third kappa shape index (κ3) is 15.0. The van der Waals surface area contributed by atoms with E-state index in [0.717, 1.165) is 79.3 Å². The van der Waals surface area contributed by atoms with Crippen molar-refractivity contribution in [2.45, 2.75) is 80.0 Å². The second-order valence-corrected chi connectivity index (χ2v) is 30.8. The normalized spacial score (nSPS) is 13.7. The molecule has 8 rings (SSSR count). The van der Waals surface area contributed by atoms with Crippen LogP contribution in [-0.2, 0) is 0 Å². The number of nitrogens with zero attached hydrogens (tertiary/aromatic N) is 12. The van der Waals surface area contributed by atoms with E-state index in [9.17, 15) is 0 Å². The standard InChI is InChI=1S/C18H20N8.C14H17BrN6.C4H3N2.3C4H9.CH4.Sn/c19-17-16(11-23-18(20)24-17)26-6-4-25(5-7-26)15-3-1-2-13(8-15)14-9-21-12-22-10-14;15-10-2-1-3-11(8-10)20-4-6-21(7-5-20)12-9-18-14(17)19-13(12)16;1-2-5-4-6-3-1;3*1-3-4-2;;/h1-3,8-12H,4-7H2,(H4,19,20,23,24);1-3,8-9H,4-7H2,(H4,16,17,18,19);1-2,4H;3*1,3-4H2,2H3;1H4;. The van der Waals surface area contributed by atoms with Crippen LogP contribution in [0.1, 0.15) is 66.7 Å². The van der Waals surface area contributed by atoms with Crippen molar-refractivity contribution in [2.24, 2.45) is 0 Å². The minimum atomic E-state index is -2.25. The quantitative estimate of drug-likeness (QED) is 0.0710. The van der Waals surface area contributed by atoms with Gasteiger partial charge in [0.1, 0.15) is 6.33 Å². The van der Waals surface area contributed by atoms with E-state index in [1.54, 1.807) is 25.0 Å². The summed E-state index contributed by atoms with van der Waals surface area (Å²) >= 11 is 1.26. The zero-order valence-corrected chi connectivity index (χ0v) is 43.3. The number of halogens is 1. The average Bonchev–Trinajstić information content (AvgIpc) is 3.35. The van der Waals surface area contributed by atoms with Crippen LogP contribution in [0.4, 0.5) is 46.3 Å². The molecule has 6 heterocycles. The monoisotopic (exact) mass is 1080 g/mol. The molecule has 2 saturated heterocycles. The van der Waals surface area contributed by atoms with Crippen molar-refractivity contribution < 1.29 is 0 Å². The number of rotatable bonds is 15. The van der Waals surface area contributed by atoms with Crippen LogP contribution >= 0.6 is 15.9 Å². The van der Waals surface area contributed by atoms with Crippen LogP contribution in [0.3, 0.4) is 0 Å². The maximum absolute atomic E-state index is 5.98. The fraction of sp³-hybridized carbons (Fsp3) is 0.429. The van der Waals surface area contributed by atoms with Gasteiger partial charge in [-0.3, -0.25) is 0 Å². The molecule has 8 N–H and O–H groups in total. The summed E-state index contributed by atoms with van der Waals surface area (Å²) in [5.41, 5.74) is 29.3. The van der Waals surface area contributed by atoms with E-state index in [1.165, 1.54) is 66.9 Å². The largest absolute Gasteiger partial charge is 0.382 e. The molecule has 67 heavy (non-hydrogen) atoms. The van der Waals surface area contributed by atoms with Crippen LogP contribution in [0.2, 0.25) is 13.3 Å². The van der Waals surface area contributed by atoms with Crippen molar-refractivity contribution in [1.82, 2.24) is 39.9 Å². The first kappa shape index (κ1) is 52.4. The van der Waals surface area contributed by atoms with Crippen molar-refractivity contribution >= 4 is 84.3 Å². The number of benzene rings is 2. The molecule has 2 aliphatic rings. The van der Waals surface area contributed by atoms with Crippen molar-refractivity contribution in [3.63, 3.8) is 0 Å². The maximum atomic E-state index is 5.98. The van der Waals surface area contributed by atoms with Crippen molar-refractivity contribution in [3.8, 4) is 11.1 Å². The van der Waals surface area contributed by atoms with Crippen LogP contribution in [-0.4, -0.2) is 111 Å². The third-order valence-corrected chi connectivity index (χ3v) is 28.0. The van der Waals surface area contributed by atoms with Gasteiger partial charge in [0.05, 0.1) is 23.8 Å². The number of hydrogen-bond acceptors (Lipinski definition) is 16. The Labute approximate surface area is 410 Å².